The molecule has 0 amide bonds. The van der Waals surface area contributed by atoms with Crippen LogP contribution in [0.3, 0.4) is 0 Å². The molecule has 78 valence electrons. The van der Waals surface area contributed by atoms with Crippen LogP contribution in [0.2, 0.25) is 0 Å². The first kappa shape index (κ1) is 11.0. The molecular weight excluding hydrogens is 158 g/mol. The molecule has 0 spiro atoms. The summed E-state index contributed by atoms with van der Waals surface area (Å²) in [5.41, 5.74) is 6.80. The topological polar surface area (TPSA) is 26.0 Å². The van der Waals surface area contributed by atoms with Crippen LogP contribution in [0.15, 0.2) is 0 Å². The third kappa shape index (κ3) is 1.90. The molecule has 0 radical (unpaired) electrons. The molecule has 13 heavy (non-hydrogen) atoms. The van der Waals surface area contributed by atoms with Gasteiger partial charge in [0.15, 0.2) is 0 Å². The highest BCUT2D eigenvalue weighted by Crippen LogP contribution is 2.67. The smallest absolute Gasteiger partial charge is 0.00514 e. The fourth-order valence-electron chi connectivity index (χ4n) is 2.68. The minimum atomic E-state index is 0.570. The zero-order valence-corrected chi connectivity index (χ0v) is 9.85. The van der Waals surface area contributed by atoms with Gasteiger partial charge in [0.2, 0.25) is 0 Å². The summed E-state index contributed by atoms with van der Waals surface area (Å²) in [4.78, 5) is 0. The van der Waals surface area contributed by atoms with Crippen molar-refractivity contribution >= 4 is 0 Å². The average Bonchev–Trinajstić information content (AvgIpc) is 2.52. The second-order valence-electron chi connectivity index (χ2n) is 5.96. The first-order valence-corrected chi connectivity index (χ1v) is 5.53. The summed E-state index contributed by atoms with van der Waals surface area (Å²) >= 11 is 0. The molecular formula is C12H25N. The summed E-state index contributed by atoms with van der Waals surface area (Å²) < 4.78 is 0. The lowest BCUT2D eigenvalue weighted by atomic mass is 9.80. The first-order chi connectivity index (χ1) is 5.83. The third-order valence-corrected chi connectivity index (χ3v) is 4.48. The van der Waals surface area contributed by atoms with Crippen LogP contribution in [-0.2, 0) is 0 Å². The molecule has 3 unspecified atom stereocenters. The normalized spacial score (nSPS) is 35.5. The van der Waals surface area contributed by atoms with Crippen molar-refractivity contribution in [3.8, 4) is 0 Å². The molecule has 3 atom stereocenters. The Morgan fingerprint density at radius 1 is 1.23 bits per heavy atom. The lowest BCUT2D eigenvalue weighted by molar-refractivity contribution is 0.245. The van der Waals surface area contributed by atoms with Gasteiger partial charge in [-0.2, -0.15) is 0 Å². The second kappa shape index (κ2) is 3.27. The van der Waals surface area contributed by atoms with Crippen LogP contribution >= 0.6 is 0 Å². The molecule has 0 heterocycles. The Hall–Kier alpha value is -0.0400. The van der Waals surface area contributed by atoms with Crippen LogP contribution in [0.5, 0.6) is 0 Å². The fraction of sp³-hybridized carbons (Fsp3) is 1.00. The Balaban J connectivity index is 2.46. The number of hydrogen-bond donors (Lipinski definition) is 1. The van der Waals surface area contributed by atoms with Crippen LogP contribution in [-0.4, -0.2) is 6.54 Å². The summed E-state index contributed by atoms with van der Waals surface area (Å²) in [5.74, 6) is 1.50. The van der Waals surface area contributed by atoms with Crippen LogP contribution in [0, 0.1) is 22.7 Å². The van der Waals surface area contributed by atoms with Gasteiger partial charge in [0.1, 0.15) is 0 Å². The van der Waals surface area contributed by atoms with E-state index in [-0.39, 0.29) is 0 Å². The van der Waals surface area contributed by atoms with E-state index in [0.29, 0.717) is 16.7 Å². The Labute approximate surface area is 83.1 Å². The van der Waals surface area contributed by atoms with E-state index in [1.807, 2.05) is 0 Å². The van der Waals surface area contributed by atoms with E-state index in [0.717, 1.165) is 12.5 Å². The fourth-order valence-corrected chi connectivity index (χ4v) is 2.68. The van der Waals surface area contributed by atoms with Crippen LogP contribution in [0.1, 0.15) is 47.5 Å². The molecule has 0 aromatic heterocycles. The van der Waals surface area contributed by atoms with Crippen molar-refractivity contribution < 1.29 is 0 Å². The molecule has 1 rings (SSSR count). The largest absolute Gasteiger partial charge is 0.330 e. The minimum absolute atomic E-state index is 0.570. The monoisotopic (exact) mass is 183 g/mol. The van der Waals surface area contributed by atoms with Crippen LogP contribution in [0.4, 0.5) is 0 Å². The molecule has 2 N–H and O–H groups in total. The van der Waals surface area contributed by atoms with Gasteiger partial charge in [-0.25, -0.2) is 0 Å². The lowest BCUT2D eigenvalue weighted by Crippen LogP contribution is -2.21. The summed E-state index contributed by atoms with van der Waals surface area (Å²) in [7, 11) is 0. The van der Waals surface area contributed by atoms with E-state index in [1.165, 1.54) is 12.8 Å². The highest BCUT2D eigenvalue weighted by atomic mass is 14.6. The third-order valence-electron chi connectivity index (χ3n) is 4.48. The average molecular weight is 183 g/mol. The maximum absolute atomic E-state index is 5.65. The molecule has 1 aliphatic rings. The number of hydrogen-bond acceptors (Lipinski definition) is 1. The predicted molar refractivity (Wildman–Crippen MR) is 58.5 cm³/mol. The molecule has 1 heteroatoms. The Morgan fingerprint density at radius 3 is 2.00 bits per heavy atom. The van der Waals surface area contributed by atoms with Crippen molar-refractivity contribution in [3.05, 3.63) is 0 Å². The van der Waals surface area contributed by atoms with Crippen molar-refractivity contribution in [1.29, 1.82) is 0 Å². The van der Waals surface area contributed by atoms with Crippen LogP contribution < -0.4 is 5.73 Å². The molecule has 1 nitrogen and oxygen atoms in total. The zero-order valence-electron chi connectivity index (χ0n) is 9.85. The summed E-state index contributed by atoms with van der Waals surface area (Å²) in [6, 6.07) is 0. The molecule has 0 aromatic carbocycles. The summed E-state index contributed by atoms with van der Waals surface area (Å²) in [6.07, 6.45) is 2.68. The zero-order chi connectivity index (χ0) is 10.3. The summed E-state index contributed by atoms with van der Waals surface area (Å²) in [6.45, 7) is 12.7. The van der Waals surface area contributed by atoms with E-state index in [2.05, 4.69) is 34.6 Å². The van der Waals surface area contributed by atoms with Crippen molar-refractivity contribution in [2.24, 2.45) is 28.4 Å². The molecule has 1 fully saturated rings. The van der Waals surface area contributed by atoms with Crippen molar-refractivity contribution in [1.82, 2.24) is 0 Å². The van der Waals surface area contributed by atoms with Gasteiger partial charge in [-0.1, -0.05) is 34.6 Å². The van der Waals surface area contributed by atoms with Gasteiger partial charge in [-0.15, -0.1) is 0 Å². The highest BCUT2D eigenvalue weighted by molar-refractivity contribution is 5.08. The van der Waals surface area contributed by atoms with Gasteiger partial charge in [0.05, 0.1) is 0 Å². The van der Waals surface area contributed by atoms with Gasteiger partial charge in [0.25, 0.3) is 0 Å². The van der Waals surface area contributed by atoms with E-state index in [1.54, 1.807) is 0 Å². The SMILES string of the molecule is CC(CN)CC(C)C1(C)CC1(C)C. The molecule has 0 aromatic rings. The van der Waals surface area contributed by atoms with Crippen molar-refractivity contribution in [3.63, 3.8) is 0 Å². The second-order valence-corrected chi connectivity index (χ2v) is 5.96. The van der Waals surface area contributed by atoms with Gasteiger partial charge in [-0.3, -0.25) is 0 Å². The van der Waals surface area contributed by atoms with Crippen molar-refractivity contribution in [2.75, 3.05) is 6.54 Å². The maximum atomic E-state index is 5.65. The van der Waals surface area contributed by atoms with Gasteiger partial charge >= 0.3 is 0 Å². The Bertz CT molecular complexity index is 186. The van der Waals surface area contributed by atoms with Crippen LogP contribution in [0.25, 0.3) is 0 Å². The van der Waals surface area contributed by atoms with Gasteiger partial charge in [-0.05, 0) is 42.1 Å². The molecule has 0 saturated heterocycles. The van der Waals surface area contributed by atoms with E-state index >= 15 is 0 Å². The minimum Gasteiger partial charge on any atom is -0.330 e. The van der Waals surface area contributed by atoms with Gasteiger partial charge in [0, 0.05) is 0 Å². The van der Waals surface area contributed by atoms with E-state index in [4.69, 9.17) is 5.73 Å². The van der Waals surface area contributed by atoms with E-state index < -0.39 is 0 Å². The molecule has 1 saturated carbocycles. The Kier molecular flexibility index (Phi) is 2.78. The molecule has 0 bridgehead atoms. The Morgan fingerprint density at radius 2 is 1.69 bits per heavy atom. The highest BCUT2D eigenvalue weighted by Gasteiger charge is 2.59. The van der Waals surface area contributed by atoms with Crippen molar-refractivity contribution in [2.45, 2.75) is 47.5 Å². The predicted octanol–water partition coefficient (Wildman–Crippen LogP) is 3.04. The molecule has 0 aliphatic heterocycles. The quantitative estimate of drug-likeness (QED) is 0.712. The van der Waals surface area contributed by atoms with Gasteiger partial charge < -0.3 is 5.73 Å². The first-order valence-electron chi connectivity index (χ1n) is 5.53. The number of nitrogens with two attached hydrogens (primary N) is 1. The van der Waals surface area contributed by atoms with E-state index in [9.17, 15) is 0 Å². The maximum Gasteiger partial charge on any atom is -0.00514 e. The number of rotatable bonds is 4. The molecule has 1 aliphatic carbocycles. The standard InChI is InChI=1S/C12H25N/c1-9(7-13)6-10(2)12(5)8-11(12,3)4/h9-10H,6-8,13H2,1-5H3. The summed E-state index contributed by atoms with van der Waals surface area (Å²) in [5, 5.41) is 0. The lowest BCUT2D eigenvalue weighted by Gasteiger charge is -2.25.